The summed E-state index contributed by atoms with van der Waals surface area (Å²) in [6.45, 7) is 8.00. The van der Waals surface area contributed by atoms with Gasteiger partial charge in [0.05, 0.1) is 0 Å². The predicted molar refractivity (Wildman–Crippen MR) is 95.5 cm³/mol. The van der Waals surface area contributed by atoms with Gasteiger partial charge in [-0.3, -0.25) is 45.5 Å². The van der Waals surface area contributed by atoms with Gasteiger partial charge in [0.15, 0.2) is 0 Å². The van der Waals surface area contributed by atoms with Crippen LogP contribution in [0, 0.1) is 0 Å². The van der Waals surface area contributed by atoms with E-state index in [1.807, 2.05) is 27.2 Å². The summed E-state index contributed by atoms with van der Waals surface area (Å²) in [5.74, 6) is 0. The maximum Gasteiger partial charge on any atom is 0.299 e. The Morgan fingerprint density at radius 2 is 0.286 bits per heavy atom. The lowest BCUT2D eigenvalue weighted by Gasteiger charge is -1.59. The van der Waals surface area contributed by atoms with Gasteiger partial charge >= 0.3 is 0 Å². The summed E-state index contributed by atoms with van der Waals surface area (Å²) in [6, 6.07) is 0. The van der Waals surface area contributed by atoms with Crippen molar-refractivity contribution in [1.29, 1.82) is 0 Å². The fraction of sp³-hybridized carbons (Fsp3) is 0. The number of carbonyl (C=O) groups excluding carboxylic acids is 4. The Balaban J connectivity index is -0.0000000211. The van der Waals surface area contributed by atoms with Crippen LogP contribution in [0.2, 0.25) is 0 Å². The quantitative estimate of drug-likeness (QED) is 0.147. The average molecular weight is 531 g/mol. The Hall–Kier alpha value is -0.970. The molecule has 178 valence electrons. The van der Waals surface area contributed by atoms with Crippen LogP contribution in [0.5, 0.6) is 0 Å². The standard InChI is InChI=1S/4CH2O.5H2O3S/c4*1-2;5*1-4(2)3/h4*1H2;5*(H2,1,2,3). The molecule has 0 aromatic heterocycles. The number of hydrogen-bond donors (Lipinski definition) is 10. The highest BCUT2D eigenvalue weighted by atomic mass is 32.2. The molecule has 24 heteroatoms. The largest absolute Gasteiger partial charge is 0.307 e. The smallest absolute Gasteiger partial charge is 0.299 e. The summed E-state index contributed by atoms with van der Waals surface area (Å²) in [5.41, 5.74) is 0. The van der Waals surface area contributed by atoms with Gasteiger partial charge in [-0.2, -0.15) is 21.0 Å². The molecular weight excluding hydrogens is 512 g/mol. The molecule has 0 amide bonds. The molecule has 0 aliphatic heterocycles. The molecule has 10 N–H and O–H groups in total. The van der Waals surface area contributed by atoms with Crippen LogP contribution in [0.3, 0.4) is 0 Å². The third kappa shape index (κ3) is 15400. The van der Waals surface area contributed by atoms with E-state index in [-0.39, 0.29) is 0 Å². The van der Waals surface area contributed by atoms with E-state index in [1.54, 1.807) is 0 Å². The van der Waals surface area contributed by atoms with Crippen molar-refractivity contribution in [2.24, 2.45) is 0 Å². The number of hydrogen-bond acceptors (Lipinski definition) is 9. The van der Waals surface area contributed by atoms with E-state index in [9.17, 15) is 0 Å². The Labute approximate surface area is 169 Å². The van der Waals surface area contributed by atoms with Crippen molar-refractivity contribution in [3.05, 3.63) is 0 Å². The fourth-order valence-corrected chi connectivity index (χ4v) is 0. The zero-order valence-electron chi connectivity index (χ0n) is 13.0. The third-order valence-electron chi connectivity index (χ3n) is 0. The maximum atomic E-state index is 8.67. The Bertz CT molecular complexity index is 263. The van der Waals surface area contributed by atoms with Crippen molar-refractivity contribution in [2.75, 3.05) is 0 Å². The van der Waals surface area contributed by atoms with Gasteiger partial charge in [0, 0.05) is 0 Å². The van der Waals surface area contributed by atoms with E-state index in [2.05, 4.69) is 0 Å². The van der Waals surface area contributed by atoms with E-state index in [4.69, 9.17) is 85.8 Å². The molecule has 28 heavy (non-hydrogen) atoms. The minimum Gasteiger partial charge on any atom is -0.307 e. The topological polar surface area (TPSA) is 356 Å². The molecule has 0 unspecified atom stereocenters. The average Bonchev–Trinajstić information content (AvgIpc) is 2.52. The molecule has 0 saturated carbocycles. The number of carbonyl (C=O) groups is 4. The van der Waals surface area contributed by atoms with E-state index in [0.717, 1.165) is 0 Å². The van der Waals surface area contributed by atoms with E-state index >= 15 is 0 Å². The molecule has 0 saturated heterocycles. The molecular formula is C4H18O19S5. The summed E-state index contributed by atoms with van der Waals surface area (Å²) in [7, 11) is 0. The van der Waals surface area contributed by atoms with Crippen molar-refractivity contribution < 1.29 is 85.8 Å². The Morgan fingerprint density at radius 1 is 0.286 bits per heavy atom. The van der Waals surface area contributed by atoms with Gasteiger partial charge < -0.3 is 19.2 Å². The van der Waals surface area contributed by atoms with Crippen LogP contribution in [-0.2, 0) is 76.0 Å². The van der Waals surface area contributed by atoms with Gasteiger partial charge in [-0.1, -0.05) is 0 Å². The fourth-order valence-electron chi connectivity index (χ4n) is 0. The Kier molecular flexibility index (Phi) is 167. The molecule has 0 aromatic carbocycles. The molecule has 0 atom stereocenters. The molecule has 0 aromatic rings. The SMILES string of the molecule is C=O.C=O.C=O.C=O.O=S(O)O.O=S(O)O.O=S(O)O.O=S(O)O.O=S(O)O. The highest BCUT2D eigenvalue weighted by Crippen LogP contribution is 1.45. The summed E-state index contributed by atoms with van der Waals surface area (Å²) in [6.07, 6.45) is 0. The molecule has 0 aliphatic rings. The van der Waals surface area contributed by atoms with Gasteiger partial charge in [-0.15, -0.1) is 0 Å². The van der Waals surface area contributed by atoms with E-state index < -0.39 is 56.8 Å². The molecule has 0 radical (unpaired) electrons. The van der Waals surface area contributed by atoms with Crippen LogP contribution in [0.4, 0.5) is 0 Å². The highest BCUT2D eigenvalue weighted by molar-refractivity contribution is 7.73. The first-order chi connectivity index (χ1) is 12.7. The van der Waals surface area contributed by atoms with Crippen LogP contribution >= 0.6 is 0 Å². The van der Waals surface area contributed by atoms with E-state index in [0.29, 0.717) is 0 Å². The monoisotopic (exact) mass is 530 g/mol. The van der Waals surface area contributed by atoms with Gasteiger partial charge in [0.1, 0.15) is 27.2 Å². The highest BCUT2D eigenvalue weighted by Gasteiger charge is 1.64. The summed E-state index contributed by atoms with van der Waals surface area (Å²) in [4.78, 5) is 32.0. The van der Waals surface area contributed by atoms with Crippen molar-refractivity contribution in [1.82, 2.24) is 0 Å². The van der Waals surface area contributed by atoms with E-state index in [1.165, 1.54) is 0 Å². The maximum absolute atomic E-state index is 8.67. The third-order valence-corrected chi connectivity index (χ3v) is 0. The first-order valence-corrected chi connectivity index (χ1v) is 9.13. The molecule has 19 nitrogen and oxygen atoms in total. The predicted octanol–water partition coefficient (Wildman–Crippen LogP) is -2.33. The molecule has 0 spiro atoms. The van der Waals surface area contributed by atoms with Crippen LogP contribution in [0.15, 0.2) is 0 Å². The lowest BCUT2D eigenvalue weighted by Crippen LogP contribution is -1.74. The second kappa shape index (κ2) is 82.8. The van der Waals surface area contributed by atoms with Crippen molar-refractivity contribution in [3.63, 3.8) is 0 Å². The molecule has 0 aliphatic carbocycles. The lowest BCUT2D eigenvalue weighted by molar-refractivity contribution is -0.0987. The summed E-state index contributed by atoms with van der Waals surface area (Å²) >= 11 is -13.1. The molecule has 0 fully saturated rings. The van der Waals surface area contributed by atoms with Gasteiger partial charge in [0.2, 0.25) is 0 Å². The zero-order chi connectivity index (χ0) is 25.9. The van der Waals surface area contributed by atoms with Gasteiger partial charge in [-0.05, 0) is 0 Å². The molecule has 0 heterocycles. The normalized spacial score (nSPS) is 6.82. The molecule has 0 rings (SSSR count). The van der Waals surface area contributed by atoms with Gasteiger partial charge in [-0.25, -0.2) is 0 Å². The second-order valence-electron chi connectivity index (χ2n) is 1.15. The first-order valence-electron chi connectivity index (χ1n) is 3.81. The van der Waals surface area contributed by atoms with Crippen molar-refractivity contribution in [3.8, 4) is 0 Å². The van der Waals surface area contributed by atoms with Crippen LogP contribution in [-0.4, -0.2) is 93.7 Å². The minimum absolute atomic E-state index is 2.00. The van der Waals surface area contributed by atoms with Crippen molar-refractivity contribution >= 4 is 84.0 Å². The Morgan fingerprint density at radius 3 is 0.286 bits per heavy atom. The van der Waals surface area contributed by atoms with Crippen molar-refractivity contribution in [2.45, 2.75) is 0 Å². The minimum atomic E-state index is -2.61. The van der Waals surface area contributed by atoms with Crippen LogP contribution < -0.4 is 0 Å². The summed E-state index contributed by atoms with van der Waals surface area (Å²) in [5, 5.41) is 0. The lowest BCUT2D eigenvalue weighted by atomic mass is 11.9. The first kappa shape index (κ1) is 56.3. The summed E-state index contributed by atoms with van der Waals surface area (Å²) < 4.78 is 114. The molecule has 0 bridgehead atoms. The van der Waals surface area contributed by atoms with Crippen LogP contribution in [0.1, 0.15) is 0 Å². The van der Waals surface area contributed by atoms with Crippen LogP contribution in [0.25, 0.3) is 0 Å². The van der Waals surface area contributed by atoms with Gasteiger partial charge in [0.25, 0.3) is 56.8 Å². The number of rotatable bonds is 0. The zero-order valence-corrected chi connectivity index (χ0v) is 17.1. The second-order valence-corrected chi connectivity index (χ2v) is 3.46.